The standard InChI is InChI=1S/C9H16O5/c1-4-6-7(5(10)8(11)12-4)14-9(2,3)13-6/h4-8,10-11H,1-3H3/t4-,5-,6+,7-,8-/m0/s1. The normalized spacial score (nSPS) is 51.6. The molecule has 2 heterocycles. The van der Waals surface area contributed by atoms with E-state index >= 15 is 0 Å². The predicted molar refractivity (Wildman–Crippen MR) is 46.4 cm³/mol. The van der Waals surface area contributed by atoms with E-state index in [0.717, 1.165) is 0 Å². The molecule has 0 saturated carbocycles. The van der Waals surface area contributed by atoms with E-state index in [1.54, 1.807) is 20.8 Å². The van der Waals surface area contributed by atoms with E-state index in [0.29, 0.717) is 0 Å². The maximum absolute atomic E-state index is 9.62. The predicted octanol–water partition coefficient (Wildman–Crippen LogP) is -0.396. The summed E-state index contributed by atoms with van der Waals surface area (Å²) in [6, 6.07) is 0. The van der Waals surface area contributed by atoms with Crippen LogP contribution in [0.3, 0.4) is 0 Å². The Morgan fingerprint density at radius 1 is 1.07 bits per heavy atom. The topological polar surface area (TPSA) is 68.2 Å². The lowest BCUT2D eigenvalue weighted by Crippen LogP contribution is -2.55. The minimum absolute atomic E-state index is 0.278. The summed E-state index contributed by atoms with van der Waals surface area (Å²) in [5, 5.41) is 19.0. The van der Waals surface area contributed by atoms with E-state index in [2.05, 4.69) is 0 Å². The number of aliphatic hydroxyl groups is 2. The van der Waals surface area contributed by atoms with Crippen LogP contribution >= 0.6 is 0 Å². The van der Waals surface area contributed by atoms with Gasteiger partial charge in [-0.15, -0.1) is 0 Å². The summed E-state index contributed by atoms with van der Waals surface area (Å²) in [4.78, 5) is 0. The molecular weight excluding hydrogens is 188 g/mol. The Labute approximate surface area is 82.6 Å². The van der Waals surface area contributed by atoms with Crippen LogP contribution in [0.2, 0.25) is 0 Å². The van der Waals surface area contributed by atoms with Crippen LogP contribution in [0.25, 0.3) is 0 Å². The number of hydrogen-bond donors (Lipinski definition) is 2. The van der Waals surface area contributed by atoms with Crippen LogP contribution in [0.5, 0.6) is 0 Å². The Bertz CT molecular complexity index is 229. The van der Waals surface area contributed by atoms with Crippen molar-refractivity contribution in [3.8, 4) is 0 Å². The number of ether oxygens (including phenoxy) is 3. The monoisotopic (exact) mass is 204 g/mol. The van der Waals surface area contributed by atoms with Gasteiger partial charge in [-0.1, -0.05) is 0 Å². The SMILES string of the molecule is C[C@@H]1O[C@H](O)[C@@H](O)[C@@H]2OC(C)(C)O[C@@H]21. The van der Waals surface area contributed by atoms with Crippen molar-refractivity contribution in [1.29, 1.82) is 0 Å². The van der Waals surface area contributed by atoms with Crippen LogP contribution < -0.4 is 0 Å². The van der Waals surface area contributed by atoms with Crippen molar-refractivity contribution in [2.24, 2.45) is 0 Å². The summed E-state index contributed by atoms with van der Waals surface area (Å²) in [5.41, 5.74) is 0. The lowest BCUT2D eigenvalue weighted by molar-refractivity contribution is -0.255. The number of hydrogen-bond acceptors (Lipinski definition) is 5. The van der Waals surface area contributed by atoms with Crippen molar-refractivity contribution in [1.82, 2.24) is 0 Å². The van der Waals surface area contributed by atoms with E-state index in [4.69, 9.17) is 14.2 Å². The molecule has 0 aliphatic carbocycles. The van der Waals surface area contributed by atoms with Gasteiger partial charge in [-0.3, -0.25) is 0 Å². The van der Waals surface area contributed by atoms with Crippen molar-refractivity contribution in [3.63, 3.8) is 0 Å². The first kappa shape index (κ1) is 10.3. The lowest BCUT2D eigenvalue weighted by Gasteiger charge is -2.36. The largest absolute Gasteiger partial charge is 0.385 e. The zero-order valence-corrected chi connectivity index (χ0v) is 8.51. The van der Waals surface area contributed by atoms with Crippen molar-refractivity contribution in [2.75, 3.05) is 0 Å². The summed E-state index contributed by atoms with van der Waals surface area (Å²) in [6.45, 7) is 5.34. The first-order valence-electron chi connectivity index (χ1n) is 4.78. The third-order valence-corrected chi connectivity index (χ3v) is 2.61. The number of aliphatic hydroxyl groups excluding tert-OH is 2. The lowest BCUT2D eigenvalue weighted by atomic mass is 10.0. The molecule has 0 radical (unpaired) electrons. The van der Waals surface area contributed by atoms with Gasteiger partial charge in [0.15, 0.2) is 12.1 Å². The fourth-order valence-electron chi connectivity index (χ4n) is 1.98. The molecule has 14 heavy (non-hydrogen) atoms. The molecule has 0 amide bonds. The highest BCUT2D eigenvalue weighted by Crippen LogP contribution is 2.36. The average molecular weight is 204 g/mol. The smallest absolute Gasteiger partial charge is 0.183 e. The van der Waals surface area contributed by atoms with Gasteiger partial charge in [-0.05, 0) is 20.8 Å². The van der Waals surface area contributed by atoms with E-state index in [9.17, 15) is 10.2 Å². The van der Waals surface area contributed by atoms with Gasteiger partial charge in [-0.25, -0.2) is 0 Å². The zero-order chi connectivity index (χ0) is 10.5. The summed E-state index contributed by atoms with van der Waals surface area (Å²) in [7, 11) is 0. The molecule has 2 fully saturated rings. The number of fused-ring (bicyclic) bond motifs is 1. The quantitative estimate of drug-likeness (QED) is 0.562. The Balaban J connectivity index is 2.18. The molecule has 2 N–H and O–H groups in total. The second-order valence-electron chi connectivity index (χ2n) is 4.29. The van der Waals surface area contributed by atoms with Crippen molar-refractivity contribution in [2.45, 2.75) is 57.3 Å². The van der Waals surface area contributed by atoms with Crippen molar-refractivity contribution >= 4 is 0 Å². The first-order chi connectivity index (χ1) is 6.41. The van der Waals surface area contributed by atoms with Gasteiger partial charge in [-0.2, -0.15) is 0 Å². The summed E-state index contributed by atoms with van der Waals surface area (Å²) < 4.78 is 16.2. The van der Waals surface area contributed by atoms with Crippen LogP contribution in [0.4, 0.5) is 0 Å². The Kier molecular flexibility index (Phi) is 2.32. The Morgan fingerprint density at radius 2 is 1.64 bits per heavy atom. The van der Waals surface area contributed by atoms with Gasteiger partial charge in [0, 0.05) is 0 Å². The molecule has 5 atom stereocenters. The van der Waals surface area contributed by atoms with E-state index in [1.165, 1.54) is 0 Å². The fourth-order valence-corrected chi connectivity index (χ4v) is 1.98. The molecule has 5 nitrogen and oxygen atoms in total. The van der Waals surface area contributed by atoms with Crippen LogP contribution in [0.15, 0.2) is 0 Å². The fraction of sp³-hybridized carbons (Fsp3) is 1.00. The molecule has 0 bridgehead atoms. The summed E-state index contributed by atoms with van der Waals surface area (Å²) in [6.07, 6.45) is -3.34. The zero-order valence-electron chi connectivity index (χ0n) is 8.51. The average Bonchev–Trinajstić information content (AvgIpc) is 2.38. The number of rotatable bonds is 0. The first-order valence-corrected chi connectivity index (χ1v) is 4.78. The third kappa shape index (κ3) is 1.55. The van der Waals surface area contributed by atoms with Crippen molar-refractivity contribution in [3.05, 3.63) is 0 Å². The van der Waals surface area contributed by atoms with Crippen molar-refractivity contribution < 1.29 is 24.4 Å². The van der Waals surface area contributed by atoms with Gasteiger partial charge >= 0.3 is 0 Å². The molecule has 0 aromatic heterocycles. The van der Waals surface area contributed by atoms with Gasteiger partial charge < -0.3 is 24.4 Å². The summed E-state index contributed by atoms with van der Waals surface area (Å²) in [5.74, 6) is -0.724. The van der Waals surface area contributed by atoms with Crippen LogP contribution in [0.1, 0.15) is 20.8 Å². The second kappa shape index (κ2) is 3.15. The molecule has 2 saturated heterocycles. The molecule has 0 unspecified atom stereocenters. The van der Waals surface area contributed by atoms with Crippen LogP contribution in [0, 0.1) is 0 Å². The Hall–Kier alpha value is -0.200. The summed E-state index contributed by atoms with van der Waals surface area (Å²) >= 11 is 0. The van der Waals surface area contributed by atoms with Gasteiger partial charge in [0.05, 0.1) is 6.10 Å². The minimum Gasteiger partial charge on any atom is -0.385 e. The third-order valence-electron chi connectivity index (χ3n) is 2.61. The van der Waals surface area contributed by atoms with Crippen LogP contribution in [-0.4, -0.2) is 46.7 Å². The molecule has 2 rings (SSSR count). The van der Waals surface area contributed by atoms with Gasteiger partial charge in [0.1, 0.15) is 18.3 Å². The van der Waals surface area contributed by atoms with Gasteiger partial charge in [0.2, 0.25) is 0 Å². The second-order valence-corrected chi connectivity index (χ2v) is 4.29. The highest BCUT2D eigenvalue weighted by molar-refractivity contribution is 4.94. The molecule has 0 spiro atoms. The maximum atomic E-state index is 9.62. The molecule has 2 aliphatic heterocycles. The molecule has 0 aromatic rings. The van der Waals surface area contributed by atoms with Crippen LogP contribution in [-0.2, 0) is 14.2 Å². The Morgan fingerprint density at radius 3 is 2.29 bits per heavy atom. The minimum atomic E-state index is -1.19. The molecule has 0 aromatic carbocycles. The molecule has 2 aliphatic rings. The molecule has 82 valence electrons. The molecule has 5 heteroatoms. The molecular formula is C9H16O5. The highest BCUT2D eigenvalue weighted by Gasteiger charge is 2.53. The maximum Gasteiger partial charge on any atom is 0.183 e. The van der Waals surface area contributed by atoms with E-state index in [1.807, 2.05) is 0 Å². The van der Waals surface area contributed by atoms with E-state index in [-0.39, 0.29) is 12.2 Å². The van der Waals surface area contributed by atoms with E-state index < -0.39 is 24.3 Å². The van der Waals surface area contributed by atoms with Gasteiger partial charge in [0.25, 0.3) is 0 Å². The highest BCUT2D eigenvalue weighted by atomic mass is 16.8.